The number of benzene rings is 2. The lowest BCUT2D eigenvalue weighted by atomic mass is 10.2. The van der Waals surface area contributed by atoms with Crippen LogP contribution in [0.2, 0.25) is 0 Å². The zero-order valence-electron chi connectivity index (χ0n) is 13.5. The molecule has 7 heteroatoms. The van der Waals surface area contributed by atoms with Crippen molar-refractivity contribution in [3.8, 4) is 5.75 Å². The lowest BCUT2D eigenvalue weighted by molar-refractivity contribution is -0.117. The summed E-state index contributed by atoms with van der Waals surface area (Å²) in [5.41, 5.74) is 1.36. The lowest BCUT2D eigenvalue weighted by Crippen LogP contribution is -2.24. The van der Waals surface area contributed by atoms with Crippen molar-refractivity contribution in [1.82, 2.24) is 0 Å². The molecule has 0 aliphatic carbocycles. The molecule has 0 radical (unpaired) electrons. The van der Waals surface area contributed by atoms with E-state index in [1.165, 1.54) is 19.2 Å². The first-order valence-corrected chi connectivity index (χ1v) is 8.53. The van der Waals surface area contributed by atoms with Crippen molar-refractivity contribution in [2.24, 2.45) is 0 Å². The van der Waals surface area contributed by atoms with Gasteiger partial charge in [0.05, 0.1) is 18.4 Å². The van der Waals surface area contributed by atoms with E-state index < -0.39 is 11.7 Å². The van der Waals surface area contributed by atoms with E-state index in [1.807, 2.05) is 0 Å². The molecule has 0 bridgehead atoms. The zero-order chi connectivity index (χ0) is 18.0. The Morgan fingerprint density at radius 3 is 2.76 bits per heavy atom. The van der Waals surface area contributed by atoms with E-state index in [0.717, 1.165) is 12.5 Å². The van der Waals surface area contributed by atoms with Crippen LogP contribution in [-0.2, 0) is 4.79 Å². The molecule has 1 fully saturated rings. The zero-order valence-corrected chi connectivity index (χ0v) is 15.1. The van der Waals surface area contributed by atoms with Crippen molar-refractivity contribution in [2.75, 3.05) is 23.9 Å². The van der Waals surface area contributed by atoms with E-state index in [-0.39, 0.29) is 11.5 Å². The minimum absolute atomic E-state index is 0.0544. The number of rotatable bonds is 4. The Bertz CT molecular complexity index is 841. The number of methoxy groups -OCH3 is 1. The summed E-state index contributed by atoms with van der Waals surface area (Å²) < 4.78 is 19.2. The molecule has 1 aliphatic rings. The molecule has 0 atom stereocenters. The van der Waals surface area contributed by atoms with E-state index in [2.05, 4.69) is 21.2 Å². The summed E-state index contributed by atoms with van der Waals surface area (Å²) in [6.45, 7) is 0.650. The van der Waals surface area contributed by atoms with Crippen LogP contribution >= 0.6 is 15.9 Å². The van der Waals surface area contributed by atoms with Crippen molar-refractivity contribution in [1.29, 1.82) is 0 Å². The van der Waals surface area contributed by atoms with Gasteiger partial charge < -0.3 is 15.0 Å². The van der Waals surface area contributed by atoms with Gasteiger partial charge in [0.2, 0.25) is 5.91 Å². The summed E-state index contributed by atoms with van der Waals surface area (Å²) in [6.07, 6.45) is 1.34. The summed E-state index contributed by atoms with van der Waals surface area (Å²) in [5.74, 6) is -0.391. The summed E-state index contributed by atoms with van der Waals surface area (Å²) in [5, 5.41) is 2.71. The molecule has 0 unspecified atom stereocenters. The van der Waals surface area contributed by atoms with Gasteiger partial charge in [-0.05, 0) is 52.7 Å². The number of ether oxygens (including phenoxy) is 1. The molecule has 0 aromatic heterocycles. The monoisotopic (exact) mass is 406 g/mol. The maximum atomic E-state index is 13.4. The second kappa shape index (κ2) is 7.23. The number of amides is 2. The molecule has 0 spiro atoms. The number of hydrogen-bond acceptors (Lipinski definition) is 3. The molecule has 25 heavy (non-hydrogen) atoms. The number of nitrogens with zero attached hydrogens (tertiary/aromatic N) is 1. The first-order chi connectivity index (χ1) is 12.0. The lowest BCUT2D eigenvalue weighted by Gasteiger charge is -2.19. The van der Waals surface area contributed by atoms with E-state index in [9.17, 15) is 14.0 Å². The molecule has 5 nitrogen and oxygen atoms in total. The average molecular weight is 407 g/mol. The van der Waals surface area contributed by atoms with Crippen LogP contribution < -0.4 is 15.0 Å². The molecule has 1 heterocycles. The third-order valence-electron chi connectivity index (χ3n) is 3.97. The fraction of sp³-hybridized carbons (Fsp3) is 0.222. The number of anilines is 2. The molecule has 2 amide bonds. The van der Waals surface area contributed by atoms with Crippen LogP contribution in [0.5, 0.6) is 5.75 Å². The van der Waals surface area contributed by atoms with E-state index in [4.69, 9.17) is 4.74 Å². The van der Waals surface area contributed by atoms with Crippen molar-refractivity contribution in [2.45, 2.75) is 12.8 Å². The maximum absolute atomic E-state index is 13.4. The van der Waals surface area contributed by atoms with Gasteiger partial charge in [-0.25, -0.2) is 4.39 Å². The van der Waals surface area contributed by atoms with Crippen molar-refractivity contribution in [3.63, 3.8) is 0 Å². The molecule has 130 valence electrons. The van der Waals surface area contributed by atoms with Crippen LogP contribution in [-0.4, -0.2) is 25.5 Å². The van der Waals surface area contributed by atoms with Crippen molar-refractivity contribution >= 4 is 39.1 Å². The first-order valence-electron chi connectivity index (χ1n) is 7.74. The maximum Gasteiger partial charge on any atom is 0.256 e. The van der Waals surface area contributed by atoms with Crippen LogP contribution in [0.25, 0.3) is 0 Å². The highest BCUT2D eigenvalue weighted by Gasteiger charge is 2.24. The fourth-order valence-corrected chi connectivity index (χ4v) is 3.18. The Labute approximate surface area is 152 Å². The molecule has 3 rings (SSSR count). The Hall–Kier alpha value is -2.41. The number of carbonyl (C=O) groups is 2. The highest BCUT2D eigenvalue weighted by atomic mass is 79.9. The third kappa shape index (κ3) is 3.66. The van der Waals surface area contributed by atoms with E-state index in [0.29, 0.717) is 34.6 Å². The van der Waals surface area contributed by atoms with Crippen molar-refractivity contribution in [3.05, 3.63) is 52.3 Å². The van der Waals surface area contributed by atoms with Crippen LogP contribution in [0.4, 0.5) is 15.8 Å². The number of hydrogen-bond donors (Lipinski definition) is 1. The molecule has 1 aliphatic heterocycles. The number of halogens is 2. The molecular weight excluding hydrogens is 391 g/mol. The second-order valence-corrected chi connectivity index (χ2v) is 6.47. The van der Waals surface area contributed by atoms with Crippen LogP contribution in [0.15, 0.2) is 40.9 Å². The standard InChI is InChI=1S/C18H16BrFN2O3/c1-25-16-10-12(5-7-15(16)22-8-2-3-17(22)23)21-18(24)13-9-11(20)4-6-14(13)19/h4-7,9-10H,2-3,8H2,1H3,(H,21,24). The average Bonchev–Trinajstić information content (AvgIpc) is 3.02. The van der Waals surface area contributed by atoms with Gasteiger partial charge in [0.15, 0.2) is 0 Å². The molecule has 1 N–H and O–H groups in total. The molecule has 1 saturated heterocycles. The predicted octanol–water partition coefficient (Wildman–Crippen LogP) is 3.98. The molecular formula is C18H16BrFN2O3. The van der Waals surface area contributed by atoms with Gasteiger partial charge in [0.1, 0.15) is 11.6 Å². The van der Waals surface area contributed by atoms with Crippen LogP contribution in [0.3, 0.4) is 0 Å². The summed E-state index contributed by atoms with van der Waals surface area (Å²) in [6, 6.07) is 8.98. The topological polar surface area (TPSA) is 58.6 Å². The second-order valence-electron chi connectivity index (χ2n) is 5.61. The quantitative estimate of drug-likeness (QED) is 0.835. The smallest absolute Gasteiger partial charge is 0.256 e. The van der Waals surface area contributed by atoms with Crippen LogP contribution in [0, 0.1) is 5.82 Å². The largest absolute Gasteiger partial charge is 0.494 e. The molecule has 2 aromatic rings. The SMILES string of the molecule is COc1cc(NC(=O)c2cc(F)ccc2Br)ccc1N1CCCC1=O. The van der Waals surface area contributed by atoms with Gasteiger partial charge >= 0.3 is 0 Å². The van der Waals surface area contributed by atoms with Gasteiger partial charge in [0.25, 0.3) is 5.91 Å². The third-order valence-corrected chi connectivity index (χ3v) is 4.67. The highest BCUT2D eigenvalue weighted by molar-refractivity contribution is 9.10. The van der Waals surface area contributed by atoms with Gasteiger partial charge in [-0.1, -0.05) is 0 Å². The summed E-state index contributed by atoms with van der Waals surface area (Å²) in [4.78, 5) is 26.0. The van der Waals surface area contributed by atoms with E-state index >= 15 is 0 Å². The highest BCUT2D eigenvalue weighted by Crippen LogP contribution is 2.34. The Kier molecular flexibility index (Phi) is 5.03. The number of nitrogens with one attached hydrogen (secondary N) is 1. The Balaban J connectivity index is 1.85. The van der Waals surface area contributed by atoms with Crippen LogP contribution in [0.1, 0.15) is 23.2 Å². The van der Waals surface area contributed by atoms with Crippen molar-refractivity contribution < 1.29 is 18.7 Å². The van der Waals surface area contributed by atoms with Gasteiger partial charge in [-0.15, -0.1) is 0 Å². The predicted molar refractivity (Wildman–Crippen MR) is 96.6 cm³/mol. The van der Waals surface area contributed by atoms with Gasteiger partial charge in [-0.3, -0.25) is 9.59 Å². The van der Waals surface area contributed by atoms with E-state index in [1.54, 1.807) is 23.1 Å². The Morgan fingerprint density at radius 2 is 2.08 bits per heavy atom. The minimum atomic E-state index is -0.492. The van der Waals surface area contributed by atoms with Gasteiger partial charge in [0, 0.05) is 29.2 Å². The fourth-order valence-electron chi connectivity index (χ4n) is 2.75. The molecule has 2 aromatic carbocycles. The minimum Gasteiger partial charge on any atom is -0.494 e. The first kappa shape index (κ1) is 17.4. The summed E-state index contributed by atoms with van der Waals surface area (Å²) >= 11 is 3.24. The van der Waals surface area contributed by atoms with Gasteiger partial charge in [-0.2, -0.15) is 0 Å². The molecule has 0 saturated carbocycles. The normalized spacial score (nSPS) is 13.9. The Morgan fingerprint density at radius 1 is 1.28 bits per heavy atom. The number of carbonyl (C=O) groups excluding carboxylic acids is 2. The summed E-state index contributed by atoms with van der Waals surface area (Å²) in [7, 11) is 1.51.